The van der Waals surface area contributed by atoms with Crippen LogP contribution in [0.1, 0.15) is 20.3 Å². The molecule has 1 aliphatic heterocycles. The summed E-state index contributed by atoms with van der Waals surface area (Å²) in [7, 11) is 3.54. The predicted molar refractivity (Wildman–Crippen MR) is 83.7 cm³/mol. The van der Waals surface area contributed by atoms with Gasteiger partial charge in [-0.05, 0) is 12.3 Å². The molecule has 21 heavy (non-hydrogen) atoms. The van der Waals surface area contributed by atoms with Crippen LogP contribution < -0.4 is 5.73 Å². The summed E-state index contributed by atoms with van der Waals surface area (Å²) in [5.41, 5.74) is 5.74. The molecular weight excluding hydrogens is 268 g/mol. The van der Waals surface area contributed by atoms with Crippen LogP contribution in [0.5, 0.6) is 0 Å². The molecule has 122 valence electrons. The first-order valence-corrected chi connectivity index (χ1v) is 7.78. The molecule has 6 heteroatoms. The van der Waals surface area contributed by atoms with Crippen molar-refractivity contribution in [2.45, 2.75) is 20.3 Å². The van der Waals surface area contributed by atoms with Crippen molar-refractivity contribution >= 4 is 11.8 Å². The van der Waals surface area contributed by atoms with Crippen LogP contribution in [-0.2, 0) is 9.59 Å². The fourth-order valence-electron chi connectivity index (χ4n) is 2.57. The molecule has 1 unspecified atom stereocenters. The first-order chi connectivity index (χ1) is 9.86. The van der Waals surface area contributed by atoms with Crippen molar-refractivity contribution in [1.29, 1.82) is 0 Å². The quantitative estimate of drug-likeness (QED) is 0.766. The second-order valence-electron chi connectivity index (χ2n) is 6.33. The Balaban J connectivity index is 2.56. The Bertz CT molecular complexity index is 358. The lowest BCUT2D eigenvalue weighted by molar-refractivity contribution is -0.136. The Kier molecular flexibility index (Phi) is 7.11. The maximum Gasteiger partial charge on any atom is 0.236 e. The maximum atomic E-state index is 12.5. The second kappa shape index (κ2) is 8.34. The monoisotopic (exact) mass is 298 g/mol. The van der Waals surface area contributed by atoms with Crippen molar-refractivity contribution in [3.63, 3.8) is 0 Å². The highest BCUT2D eigenvalue weighted by Crippen LogP contribution is 2.15. The van der Waals surface area contributed by atoms with Crippen LogP contribution in [0.2, 0.25) is 0 Å². The number of rotatable bonds is 5. The van der Waals surface area contributed by atoms with Gasteiger partial charge in [0.25, 0.3) is 0 Å². The van der Waals surface area contributed by atoms with Crippen molar-refractivity contribution in [3.05, 3.63) is 0 Å². The number of likely N-dealkylation sites (N-methyl/N-ethyl adjacent to an activating group) is 1. The molecule has 0 radical (unpaired) electrons. The molecule has 0 spiro atoms. The van der Waals surface area contributed by atoms with Gasteiger partial charge >= 0.3 is 0 Å². The van der Waals surface area contributed by atoms with Gasteiger partial charge in [-0.15, -0.1) is 0 Å². The van der Waals surface area contributed by atoms with Crippen LogP contribution in [0.3, 0.4) is 0 Å². The normalized spacial score (nSPS) is 18.5. The lowest BCUT2D eigenvalue weighted by Gasteiger charge is -2.27. The van der Waals surface area contributed by atoms with E-state index in [1.165, 1.54) is 0 Å². The maximum absolute atomic E-state index is 12.5. The van der Waals surface area contributed by atoms with Crippen molar-refractivity contribution in [2.24, 2.45) is 17.6 Å². The number of nitrogens with two attached hydrogens (primary N) is 1. The van der Waals surface area contributed by atoms with E-state index < -0.39 is 0 Å². The molecule has 1 atom stereocenters. The molecule has 1 aliphatic rings. The number of hydrogen-bond donors (Lipinski definition) is 1. The molecule has 0 aromatic heterocycles. The average molecular weight is 298 g/mol. The minimum atomic E-state index is -0.0973. The van der Waals surface area contributed by atoms with Crippen LogP contribution in [0.15, 0.2) is 0 Å². The standard InChI is InChI=1S/C15H30N4O2/c1-12(2)13(10-16)15(21)19-7-5-6-18(8-9-19)11-14(20)17(3)4/h12-13H,5-11,16H2,1-4H3. The van der Waals surface area contributed by atoms with E-state index in [1.807, 2.05) is 18.7 Å². The van der Waals surface area contributed by atoms with E-state index in [-0.39, 0.29) is 23.7 Å². The minimum absolute atomic E-state index is 0.0973. The van der Waals surface area contributed by atoms with Crippen LogP contribution in [0.25, 0.3) is 0 Å². The molecule has 0 bridgehead atoms. The van der Waals surface area contributed by atoms with Gasteiger partial charge in [-0.1, -0.05) is 13.8 Å². The summed E-state index contributed by atoms with van der Waals surface area (Å²) in [5, 5.41) is 0. The van der Waals surface area contributed by atoms with Crippen LogP contribution >= 0.6 is 0 Å². The third kappa shape index (κ3) is 5.28. The molecule has 1 rings (SSSR count). The van der Waals surface area contributed by atoms with E-state index in [0.717, 1.165) is 26.1 Å². The predicted octanol–water partition coefficient (Wildman–Crippen LogP) is -0.160. The summed E-state index contributed by atoms with van der Waals surface area (Å²) in [6.45, 7) is 7.95. The van der Waals surface area contributed by atoms with Gasteiger partial charge in [0.2, 0.25) is 11.8 Å². The lowest BCUT2D eigenvalue weighted by Crippen LogP contribution is -2.43. The Hall–Kier alpha value is -1.14. The first kappa shape index (κ1) is 17.9. The van der Waals surface area contributed by atoms with Crippen molar-refractivity contribution in [1.82, 2.24) is 14.7 Å². The Morgan fingerprint density at radius 3 is 2.33 bits per heavy atom. The fraction of sp³-hybridized carbons (Fsp3) is 0.867. The lowest BCUT2D eigenvalue weighted by atomic mass is 9.94. The zero-order chi connectivity index (χ0) is 16.0. The Morgan fingerprint density at radius 1 is 1.14 bits per heavy atom. The molecule has 1 saturated heterocycles. The van der Waals surface area contributed by atoms with E-state index in [9.17, 15) is 9.59 Å². The summed E-state index contributed by atoms with van der Waals surface area (Å²) in [4.78, 5) is 29.9. The second-order valence-corrected chi connectivity index (χ2v) is 6.33. The fourth-order valence-corrected chi connectivity index (χ4v) is 2.57. The summed E-state index contributed by atoms with van der Waals surface area (Å²) in [6, 6.07) is 0. The number of nitrogens with zero attached hydrogens (tertiary/aromatic N) is 3. The zero-order valence-corrected chi connectivity index (χ0v) is 13.8. The molecular formula is C15H30N4O2. The van der Waals surface area contributed by atoms with Crippen LogP contribution in [0, 0.1) is 11.8 Å². The smallest absolute Gasteiger partial charge is 0.236 e. The topological polar surface area (TPSA) is 69.9 Å². The van der Waals surface area contributed by atoms with Gasteiger partial charge in [0.1, 0.15) is 0 Å². The largest absolute Gasteiger partial charge is 0.348 e. The van der Waals surface area contributed by atoms with E-state index in [0.29, 0.717) is 19.6 Å². The van der Waals surface area contributed by atoms with E-state index in [4.69, 9.17) is 5.73 Å². The van der Waals surface area contributed by atoms with E-state index in [2.05, 4.69) is 4.90 Å². The first-order valence-electron chi connectivity index (χ1n) is 7.78. The number of carbonyl (C=O) groups is 2. The van der Waals surface area contributed by atoms with Gasteiger partial charge in [-0.25, -0.2) is 0 Å². The van der Waals surface area contributed by atoms with Gasteiger partial charge in [-0.2, -0.15) is 0 Å². The summed E-state index contributed by atoms with van der Waals surface area (Å²) in [6.07, 6.45) is 0.905. The van der Waals surface area contributed by atoms with Gasteiger partial charge in [0, 0.05) is 46.8 Å². The molecule has 1 fully saturated rings. The van der Waals surface area contributed by atoms with Gasteiger partial charge in [0.05, 0.1) is 12.5 Å². The molecule has 2 N–H and O–H groups in total. The number of amides is 2. The van der Waals surface area contributed by atoms with Crippen molar-refractivity contribution < 1.29 is 9.59 Å². The highest BCUT2D eigenvalue weighted by atomic mass is 16.2. The highest BCUT2D eigenvalue weighted by Gasteiger charge is 2.27. The number of hydrogen-bond acceptors (Lipinski definition) is 4. The molecule has 0 aromatic rings. The summed E-state index contributed by atoms with van der Waals surface area (Å²) in [5.74, 6) is 0.433. The van der Waals surface area contributed by atoms with Gasteiger partial charge in [0.15, 0.2) is 0 Å². The zero-order valence-electron chi connectivity index (χ0n) is 13.8. The Labute approximate surface area is 128 Å². The molecule has 6 nitrogen and oxygen atoms in total. The Morgan fingerprint density at radius 2 is 1.81 bits per heavy atom. The summed E-state index contributed by atoms with van der Waals surface area (Å²) < 4.78 is 0. The average Bonchev–Trinajstić information content (AvgIpc) is 2.64. The van der Waals surface area contributed by atoms with Crippen LogP contribution in [0.4, 0.5) is 0 Å². The van der Waals surface area contributed by atoms with E-state index >= 15 is 0 Å². The molecule has 1 heterocycles. The molecule has 2 amide bonds. The van der Waals surface area contributed by atoms with E-state index in [1.54, 1.807) is 19.0 Å². The highest BCUT2D eigenvalue weighted by molar-refractivity contribution is 5.79. The third-order valence-corrected chi connectivity index (χ3v) is 4.13. The van der Waals surface area contributed by atoms with Gasteiger partial charge < -0.3 is 15.5 Å². The SMILES string of the molecule is CC(C)C(CN)C(=O)N1CCCN(CC(=O)N(C)C)CC1. The third-order valence-electron chi connectivity index (χ3n) is 4.13. The number of carbonyl (C=O) groups excluding carboxylic acids is 2. The van der Waals surface area contributed by atoms with Gasteiger partial charge in [-0.3, -0.25) is 14.5 Å². The van der Waals surface area contributed by atoms with Crippen molar-refractivity contribution in [3.8, 4) is 0 Å². The minimum Gasteiger partial charge on any atom is -0.348 e. The molecule has 0 aliphatic carbocycles. The van der Waals surface area contributed by atoms with Crippen molar-refractivity contribution in [2.75, 3.05) is 53.4 Å². The molecule has 0 saturated carbocycles. The summed E-state index contributed by atoms with van der Waals surface area (Å²) >= 11 is 0. The molecule has 0 aromatic carbocycles. The van der Waals surface area contributed by atoms with Crippen LogP contribution in [-0.4, -0.2) is 79.9 Å².